The Balaban J connectivity index is 0.00000364. The van der Waals surface area contributed by atoms with Crippen molar-refractivity contribution in [1.82, 2.24) is 20.4 Å². The highest BCUT2D eigenvalue weighted by molar-refractivity contribution is 14.0. The smallest absolute Gasteiger partial charge is 0.191 e. The largest absolute Gasteiger partial charge is 0.357 e. The molecule has 0 radical (unpaired) electrons. The summed E-state index contributed by atoms with van der Waals surface area (Å²) in [4.78, 5) is 4.68. The van der Waals surface area contributed by atoms with E-state index >= 15 is 0 Å². The monoisotopic (exact) mass is 567 g/mol. The fraction of sp³-hybridized carbons (Fsp3) is 0.474. The molecule has 1 aromatic carbocycles. The van der Waals surface area contributed by atoms with E-state index in [4.69, 9.17) is 11.6 Å². The van der Waals surface area contributed by atoms with Gasteiger partial charge in [-0.3, -0.25) is 4.68 Å². The van der Waals surface area contributed by atoms with Gasteiger partial charge in [0.25, 0.3) is 0 Å². The van der Waals surface area contributed by atoms with Gasteiger partial charge in [-0.1, -0.05) is 33.6 Å². The first-order chi connectivity index (χ1) is 12.3. The number of halogens is 3. The molecule has 8 heteroatoms. The number of hydrogen-bond donors (Lipinski definition) is 2. The number of benzene rings is 1. The summed E-state index contributed by atoms with van der Waals surface area (Å²) < 4.78 is 2.91. The Morgan fingerprint density at radius 1 is 1.37 bits per heavy atom. The molecular formula is C19H28BrClIN5. The van der Waals surface area contributed by atoms with Gasteiger partial charge in [-0.15, -0.1) is 24.0 Å². The maximum Gasteiger partial charge on any atom is 0.191 e. The van der Waals surface area contributed by atoms with Gasteiger partial charge in [0.15, 0.2) is 5.96 Å². The highest BCUT2D eigenvalue weighted by atomic mass is 127. The fourth-order valence-corrected chi connectivity index (χ4v) is 3.57. The number of guanidine groups is 1. The van der Waals surface area contributed by atoms with E-state index < -0.39 is 0 Å². The molecule has 0 saturated carbocycles. The summed E-state index contributed by atoms with van der Waals surface area (Å²) in [5, 5.41) is 12.0. The Morgan fingerprint density at radius 3 is 2.63 bits per heavy atom. The second kappa shape index (κ2) is 11.3. The van der Waals surface area contributed by atoms with Crippen LogP contribution < -0.4 is 10.6 Å². The number of rotatable bonds is 6. The summed E-state index contributed by atoms with van der Waals surface area (Å²) in [6, 6.07) is 6.09. The van der Waals surface area contributed by atoms with E-state index in [9.17, 15) is 0 Å². The molecule has 0 aliphatic rings. The lowest BCUT2D eigenvalue weighted by atomic mass is 10.1. The standard InChI is InChI=1S/C19H27BrClN5.HI/c1-6-22-19(23-11-15-7-8-16(20)10-18(15)21)24-12(2)9-17-13(3)25-26(5)14(17)4;/h7-8,10,12H,6,9,11H2,1-5H3,(H2,22,23,24);1H. The molecule has 0 fully saturated rings. The summed E-state index contributed by atoms with van der Waals surface area (Å²) in [5.41, 5.74) is 4.58. The minimum absolute atomic E-state index is 0. The van der Waals surface area contributed by atoms with Crippen molar-refractivity contribution < 1.29 is 0 Å². The highest BCUT2D eigenvalue weighted by Gasteiger charge is 2.14. The second-order valence-corrected chi connectivity index (χ2v) is 7.78. The predicted octanol–water partition coefficient (Wildman–Crippen LogP) is 4.76. The number of nitrogens with one attached hydrogen (secondary N) is 2. The number of nitrogens with zero attached hydrogens (tertiary/aromatic N) is 3. The van der Waals surface area contributed by atoms with Crippen LogP contribution in [0, 0.1) is 13.8 Å². The maximum atomic E-state index is 6.29. The lowest BCUT2D eigenvalue weighted by Gasteiger charge is -2.18. The van der Waals surface area contributed by atoms with Crippen molar-refractivity contribution in [3.8, 4) is 0 Å². The first-order valence-electron chi connectivity index (χ1n) is 8.79. The minimum atomic E-state index is 0. The Morgan fingerprint density at radius 2 is 2.07 bits per heavy atom. The molecule has 0 aliphatic heterocycles. The van der Waals surface area contributed by atoms with Gasteiger partial charge in [0, 0.05) is 34.8 Å². The van der Waals surface area contributed by atoms with Gasteiger partial charge in [-0.25, -0.2) is 4.99 Å². The van der Waals surface area contributed by atoms with Crippen molar-refractivity contribution in [3.05, 3.63) is 50.2 Å². The zero-order valence-corrected chi connectivity index (χ0v) is 21.1. The van der Waals surface area contributed by atoms with Crippen molar-refractivity contribution in [2.24, 2.45) is 12.0 Å². The minimum Gasteiger partial charge on any atom is -0.357 e. The van der Waals surface area contributed by atoms with Gasteiger partial charge in [0.1, 0.15) is 0 Å². The molecule has 0 spiro atoms. The maximum absolute atomic E-state index is 6.29. The van der Waals surface area contributed by atoms with E-state index in [-0.39, 0.29) is 30.0 Å². The average molecular weight is 569 g/mol. The van der Waals surface area contributed by atoms with Crippen LogP contribution in [0.3, 0.4) is 0 Å². The Labute approximate surface area is 192 Å². The lowest BCUT2D eigenvalue weighted by molar-refractivity contribution is 0.636. The van der Waals surface area contributed by atoms with Gasteiger partial charge in [-0.05, 0) is 57.4 Å². The first-order valence-corrected chi connectivity index (χ1v) is 9.96. The molecule has 0 saturated heterocycles. The summed E-state index contributed by atoms with van der Waals surface area (Å²) in [5.74, 6) is 0.790. The van der Waals surface area contributed by atoms with Crippen LogP contribution in [0.25, 0.3) is 0 Å². The molecule has 27 heavy (non-hydrogen) atoms. The van der Waals surface area contributed by atoms with E-state index in [0.717, 1.165) is 34.7 Å². The van der Waals surface area contributed by atoms with Gasteiger partial charge in [-0.2, -0.15) is 5.10 Å². The van der Waals surface area contributed by atoms with Crippen LogP contribution in [0.4, 0.5) is 0 Å². The average Bonchev–Trinajstić information content (AvgIpc) is 2.80. The van der Waals surface area contributed by atoms with Crippen molar-refractivity contribution in [3.63, 3.8) is 0 Å². The van der Waals surface area contributed by atoms with Gasteiger partial charge in [0.2, 0.25) is 0 Å². The molecule has 2 N–H and O–H groups in total. The molecule has 5 nitrogen and oxygen atoms in total. The molecule has 2 aromatic rings. The van der Waals surface area contributed by atoms with E-state index in [2.05, 4.69) is 64.3 Å². The third kappa shape index (κ3) is 6.94. The Hall–Kier alpha value is -0.800. The summed E-state index contributed by atoms with van der Waals surface area (Å²) in [7, 11) is 1.98. The molecule has 1 heterocycles. The predicted molar refractivity (Wildman–Crippen MR) is 128 cm³/mol. The van der Waals surface area contributed by atoms with Crippen LogP contribution >= 0.6 is 51.5 Å². The highest BCUT2D eigenvalue weighted by Crippen LogP contribution is 2.22. The molecule has 1 unspecified atom stereocenters. The third-order valence-electron chi connectivity index (χ3n) is 4.32. The first kappa shape index (κ1) is 24.2. The third-order valence-corrected chi connectivity index (χ3v) is 5.16. The molecule has 1 aromatic heterocycles. The normalized spacial score (nSPS) is 12.5. The number of aromatic nitrogens is 2. The van der Waals surface area contributed by atoms with E-state index in [1.54, 1.807) is 0 Å². The van der Waals surface area contributed by atoms with Crippen LogP contribution in [0.5, 0.6) is 0 Å². The zero-order valence-electron chi connectivity index (χ0n) is 16.4. The molecule has 0 aliphatic carbocycles. The number of hydrogen-bond acceptors (Lipinski definition) is 2. The van der Waals surface area contributed by atoms with Crippen LogP contribution in [0.15, 0.2) is 27.7 Å². The number of aryl methyl sites for hydroxylation is 2. The summed E-state index contributed by atoms with van der Waals surface area (Å²) >= 11 is 9.72. The Kier molecular flexibility index (Phi) is 10.1. The zero-order chi connectivity index (χ0) is 19.3. The Bertz CT molecular complexity index is 791. The second-order valence-electron chi connectivity index (χ2n) is 6.45. The summed E-state index contributed by atoms with van der Waals surface area (Å²) in [6.07, 6.45) is 0.898. The number of aliphatic imine (C=N–C) groups is 1. The van der Waals surface area contributed by atoms with Crippen LogP contribution in [-0.4, -0.2) is 28.3 Å². The quantitative estimate of drug-likeness (QED) is 0.300. The fourth-order valence-electron chi connectivity index (χ4n) is 2.84. The van der Waals surface area contributed by atoms with Crippen molar-refractivity contribution in [2.75, 3.05) is 6.54 Å². The van der Waals surface area contributed by atoms with Gasteiger partial charge < -0.3 is 10.6 Å². The van der Waals surface area contributed by atoms with Gasteiger partial charge >= 0.3 is 0 Å². The molecular weight excluding hydrogens is 541 g/mol. The molecule has 2 rings (SSSR count). The lowest BCUT2D eigenvalue weighted by Crippen LogP contribution is -2.43. The van der Waals surface area contributed by atoms with Crippen LogP contribution in [0.2, 0.25) is 5.02 Å². The molecule has 0 amide bonds. The SMILES string of the molecule is CCNC(=NCc1ccc(Br)cc1Cl)NC(C)Cc1c(C)nn(C)c1C.I. The summed E-state index contributed by atoms with van der Waals surface area (Å²) in [6.45, 7) is 9.71. The van der Waals surface area contributed by atoms with Crippen molar-refractivity contribution in [1.29, 1.82) is 0 Å². The van der Waals surface area contributed by atoms with Gasteiger partial charge in [0.05, 0.1) is 12.2 Å². The van der Waals surface area contributed by atoms with Crippen LogP contribution in [-0.2, 0) is 20.0 Å². The van der Waals surface area contributed by atoms with E-state index in [1.807, 2.05) is 29.9 Å². The topological polar surface area (TPSA) is 54.2 Å². The van der Waals surface area contributed by atoms with Crippen molar-refractivity contribution >= 4 is 57.5 Å². The van der Waals surface area contributed by atoms with E-state index in [0.29, 0.717) is 11.6 Å². The van der Waals surface area contributed by atoms with Crippen molar-refractivity contribution in [2.45, 2.75) is 46.7 Å². The molecule has 1 atom stereocenters. The molecule has 0 bridgehead atoms. The molecule has 150 valence electrons. The van der Waals surface area contributed by atoms with Crippen LogP contribution in [0.1, 0.15) is 36.4 Å². The van der Waals surface area contributed by atoms with E-state index in [1.165, 1.54) is 11.3 Å².